The molecule has 3 nitrogen and oxygen atoms in total. The summed E-state index contributed by atoms with van der Waals surface area (Å²) in [5, 5.41) is 12.4. The molecule has 1 aliphatic heterocycles. The fraction of sp³-hybridized carbons (Fsp3) is 0.444. The van der Waals surface area contributed by atoms with Crippen molar-refractivity contribution in [3.63, 3.8) is 0 Å². The van der Waals surface area contributed by atoms with Crippen LogP contribution >= 0.6 is 11.3 Å². The fourth-order valence-corrected chi connectivity index (χ4v) is 4.08. The molecule has 0 aliphatic carbocycles. The number of likely N-dealkylation sites (tertiary alicyclic amines) is 1. The Bertz CT molecular complexity index is 597. The van der Waals surface area contributed by atoms with E-state index in [0.717, 1.165) is 18.7 Å². The van der Waals surface area contributed by atoms with Gasteiger partial charge in [-0.1, -0.05) is 25.0 Å². The normalized spacial score (nSPS) is 19.8. The van der Waals surface area contributed by atoms with Crippen LogP contribution in [0.2, 0.25) is 0 Å². The van der Waals surface area contributed by atoms with Gasteiger partial charge in [0, 0.05) is 29.1 Å². The third-order valence-electron chi connectivity index (χ3n) is 4.40. The Morgan fingerprint density at radius 2 is 2.18 bits per heavy atom. The van der Waals surface area contributed by atoms with Crippen LogP contribution in [0, 0.1) is 0 Å². The van der Waals surface area contributed by atoms with E-state index in [9.17, 15) is 5.11 Å². The summed E-state index contributed by atoms with van der Waals surface area (Å²) in [4.78, 5) is 3.95. The number of ether oxygens (including phenoxy) is 1. The lowest BCUT2D eigenvalue weighted by molar-refractivity contribution is 0.193. The quantitative estimate of drug-likeness (QED) is 0.896. The van der Waals surface area contributed by atoms with E-state index in [0.29, 0.717) is 17.5 Å². The van der Waals surface area contributed by atoms with Crippen LogP contribution in [0.3, 0.4) is 0 Å². The average molecular weight is 317 g/mol. The van der Waals surface area contributed by atoms with Gasteiger partial charge in [0.2, 0.25) is 0 Å². The second-order valence-corrected chi connectivity index (χ2v) is 6.82. The lowest BCUT2D eigenvalue weighted by Crippen LogP contribution is -2.27. The highest BCUT2D eigenvalue weighted by molar-refractivity contribution is 7.10. The molecule has 1 fully saturated rings. The Balaban J connectivity index is 1.81. The molecule has 22 heavy (non-hydrogen) atoms. The van der Waals surface area contributed by atoms with Crippen molar-refractivity contribution in [2.24, 2.45) is 0 Å². The molecule has 1 atom stereocenters. The summed E-state index contributed by atoms with van der Waals surface area (Å²) in [6, 6.07) is 10.4. The van der Waals surface area contributed by atoms with Crippen molar-refractivity contribution in [2.45, 2.75) is 38.3 Å². The molecular weight excluding hydrogens is 294 g/mol. The van der Waals surface area contributed by atoms with Gasteiger partial charge in [-0.05, 0) is 36.9 Å². The largest absolute Gasteiger partial charge is 0.507 e. The predicted molar refractivity (Wildman–Crippen MR) is 90.6 cm³/mol. The molecule has 1 aromatic carbocycles. The first-order valence-electron chi connectivity index (χ1n) is 7.91. The zero-order valence-electron chi connectivity index (χ0n) is 13.0. The van der Waals surface area contributed by atoms with E-state index in [1.165, 1.54) is 30.6 Å². The number of phenols is 1. The van der Waals surface area contributed by atoms with Crippen molar-refractivity contribution in [2.75, 3.05) is 13.7 Å². The van der Waals surface area contributed by atoms with Crippen LogP contribution < -0.4 is 4.74 Å². The number of hydrogen-bond acceptors (Lipinski definition) is 4. The first kappa shape index (κ1) is 15.4. The minimum Gasteiger partial charge on any atom is -0.507 e. The van der Waals surface area contributed by atoms with Crippen molar-refractivity contribution in [1.82, 2.24) is 4.90 Å². The van der Waals surface area contributed by atoms with Crippen LogP contribution in [0.1, 0.15) is 42.2 Å². The summed E-state index contributed by atoms with van der Waals surface area (Å²) < 4.78 is 5.17. The molecule has 2 aromatic rings. The second kappa shape index (κ2) is 7.16. The van der Waals surface area contributed by atoms with Gasteiger partial charge in [0.25, 0.3) is 0 Å². The van der Waals surface area contributed by atoms with Crippen LogP contribution in [0.4, 0.5) is 0 Å². The Morgan fingerprint density at radius 1 is 1.27 bits per heavy atom. The molecule has 0 unspecified atom stereocenters. The zero-order chi connectivity index (χ0) is 15.4. The van der Waals surface area contributed by atoms with Gasteiger partial charge in [0.1, 0.15) is 11.5 Å². The minimum atomic E-state index is 0.327. The van der Waals surface area contributed by atoms with Gasteiger partial charge in [-0.3, -0.25) is 4.90 Å². The first-order chi connectivity index (χ1) is 10.8. The molecule has 1 saturated heterocycles. The molecule has 4 heteroatoms. The molecule has 1 aromatic heterocycles. The molecule has 0 amide bonds. The van der Waals surface area contributed by atoms with Gasteiger partial charge < -0.3 is 9.84 Å². The van der Waals surface area contributed by atoms with Gasteiger partial charge >= 0.3 is 0 Å². The number of methoxy groups -OCH3 is 1. The van der Waals surface area contributed by atoms with E-state index in [-0.39, 0.29) is 0 Å². The van der Waals surface area contributed by atoms with Crippen LogP contribution in [0.15, 0.2) is 35.7 Å². The topological polar surface area (TPSA) is 32.7 Å². The van der Waals surface area contributed by atoms with Crippen molar-refractivity contribution < 1.29 is 9.84 Å². The number of rotatable bonds is 4. The van der Waals surface area contributed by atoms with Crippen molar-refractivity contribution >= 4 is 11.3 Å². The van der Waals surface area contributed by atoms with E-state index in [1.54, 1.807) is 13.2 Å². The molecule has 1 N–H and O–H groups in total. The van der Waals surface area contributed by atoms with Gasteiger partial charge in [0.05, 0.1) is 7.11 Å². The predicted octanol–water partition coefficient (Wildman–Crippen LogP) is 4.58. The highest BCUT2D eigenvalue weighted by atomic mass is 32.1. The van der Waals surface area contributed by atoms with Gasteiger partial charge in [-0.15, -0.1) is 11.3 Å². The van der Waals surface area contributed by atoms with E-state index < -0.39 is 0 Å². The molecule has 2 heterocycles. The van der Waals surface area contributed by atoms with Crippen molar-refractivity contribution in [3.8, 4) is 11.5 Å². The highest BCUT2D eigenvalue weighted by Crippen LogP contribution is 2.35. The lowest BCUT2D eigenvalue weighted by Gasteiger charge is -2.29. The van der Waals surface area contributed by atoms with Crippen molar-refractivity contribution in [1.29, 1.82) is 0 Å². The van der Waals surface area contributed by atoms with E-state index >= 15 is 0 Å². The Kier molecular flexibility index (Phi) is 5.01. The molecular formula is C18H23NO2S. The Hall–Kier alpha value is -1.52. The first-order valence-corrected chi connectivity index (χ1v) is 8.79. The lowest BCUT2D eigenvalue weighted by atomic mass is 10.1. The van der Waals surface area contributed by atoms with E-state index in [4.69, 9.17) is 4.74 Å². The monoisotopic (exact) mass is 317 g/mol. The third kappa shape index (κ3) is 3.45. The number of hydrogen-bond donors (Lipinski definition) is 1. The van der Waals surface area contributed by atoms with Gasteiger partial charge in [-0.25, -0.2) is 0 Å². The summed E-state index contributed by atoms with van der Waals surface area (Å²) in [6.45, 7) is 1.88. The minimum absolute atomic E-state index is 0.327. The summed E-state index contributed by atoms with van der Waals surface area (Å²) in [6.07, 6.45) is 5.02. The van der Waals surface area contributed by atoms with Crippen LogP contribution in [0.5, 0.6) is 11.5 Å². The molecule has 0 bridgehead atoms. The maximum absolute atomic E-state index is 10.2. The average Bonchev–Trinajstić information content (AvgIpc) is 2.96. The van der Waals surface area contributed by atoms with Gasteiger partial charge in [0.15, 0.2) is 0 Å². The maximum atomic E-state index is 10.2. The summed E-state index contributed by atoms with van der Waals surface area (Å²) in [5.41, 5.74) is 0.976. The van der Waals surface area contributed by atoms with E-state index in [1.807, 2.05) is 23.5 Å². The molecule has 1 aliphatic rings. The van der Waals surface area contributed by atoms with Crippen LogP contribution in [-0.4, -0.2) is 23.7 Å². The Morgan fingerprint density at radius 3 is 2.91 bits per heavy atom. The van der Waals surface area contributed by atoms with Gasteiger partial charge in [-0.2, -0.15) is 0 Å². The van der Waals surface area contributed by atoms with Crippen LogP contribution in [0.25, 0.3) is 0 Å². The summed E-state index contributed by atoms with van der Waals surface area (Å²) in [7, 11) is 1.62. The molecule has 0 saturated carbocycles. The molecule has 0 radical (unpaired) electrons. The van der Waals surface area contributed by atoms with Crippen molar-refractivity contribution in [3.05, 3.63) is 46.2 Å². The third-order valence-corrected chi connectivity index (χ3v) is 5.37. The maximum Gasteiger partial charge on any atom is 0.123 e. The second-order valence-electron chi connectivity index (χ2n) is 5.85. The van der Waals surface area contributed by atoms with Crippen LogP contribution in [-0.2, 0) is 6.54 Å². The smallest absolute Gasteiger partial charge is 0.123 e. The molecule has 0 spiro atoms. The number of benzene rings is 1. The summed E-state index contributed by atoms with van der Waals surface area (Å²) in [5.74, 6) is 1.03. The zero-order valence-corrected chi connectivity index (χ0v) is 13.8. The highest BCUT2D eigenvalue weighted by Gasteiger charge is 2.24. The summed E-state index contributed by atoms with van der Waals surface area (Å²) >= 11 is 1.84. The number of nitrogens with zero attached hydrogens (tertiary/aromatic N) is 1. The fourth-order valence-electron chi connectivity index (χ4n) is 3.18. The number of phenolic OH excluding ortho intramolecular Hbond substituents is 1. The SMILES string of the molecule is COc1ccc(CN2CCCCC[C@@H]2c2cccs2)c(O)c1. The number of aromatic hydroxyl groups is 1. The Labute approximate surface area is 136 Å². The molecule has 3 rings (SSSR count). The van der Waals surface area contributed by atoms with E-state index in [2.05, 4.69) is 22.4 Å². The molecule has 118 valence electrons. The standard InChI is InChI=1S/C18H23NO2S/c1-21-15-9-8-14(17(20)12-15)13-19-10-4-2-3-6-16(19)18-7-5-11-22-18/h5,7-9,11-12,16,20H,2-4,6,10,13H2,1H3/t16-/m1/s1. The number of thiophene rings is 1.